The molecule has 0 aliphatic rings. The van der Waals surface area contributed by atoms with Gasteiger partial charge in [-0.3, -0.25) is 0 Å². The molecule has 0 aromatic rings. The smallest absolute Gasteiger partial charge is 0.419 e. The van der Waals surface area contributed by atoms with Crippen LogP contribution in [0.1, 0.15) is 68.2 Å². The van der Waals surface area contributed by atoms with Gasteiger partial charge in [0, 0.05) is 13.2 Å². The average Bonchev–Trinajstić information content (AvgIpc) is 2.23. The van der Waals surface area contributed by atoms with Gasteiger partial charge in [0.25, 0.3) is 0 Å². The van der Waals surface area contributed by atoms with Crippen molar-refractivity contribution in [1.29, 1.82) is 0 Å². The van der Waals surface area contributed by atoms with Crippen molar-refractivity contribution in [2.24, 2.45) is 5.41 Å². The molecule has 136 valence electrons. The molecule has 0 radical (unpaired) electrons. The van der Waals surface area contributed by atoms with Crippen molar-refractivity contribution >= 4 is 12.2 Å². The van der Waals surface area contributed by atoms with E-state index in [1.807, 2.05) is 13.8 Å². The van der Waals surface area contributed by atoms with Crippen molar-refractivity contribution in [2.75, 3.05) is 13.2 Å². The fourth-order valence-electron chi connectivity index (χ4n) is 1.73. The summed E-state index contributed by atoms with van der Waals surface area (Å²) in [6.45, 7) is 14.7. The number of carbonyl (C=O) groups is 2. The minimum Gasteiger partial charge on any atom is -0.443 e. The Morgan fingerprint density at radius 2 is 1.22 bits per heavy atom. The number of hydrogen-bond donors (Lipinski definition) is 1. The Morgan fingerprint density at radius 1 is 0.826 bits per heavy atom. The normalized spacial score (nSPS) is 12.7. The highest BCUT2D eigenvalue weighted by Gasteiger charge is 2.32. The molecule has 0 heterocycles. The Kier molecular flexibility index (Phi) is 7.54. The first-order valence-corrected chi connectivity index (χ1v) is 8.01. The lowest BCUT2D eigenvalue weighted by molar-refractivity contribution is -0.000614. The van der Waals surface area contributed by atoms with E-state index in [1.165, 1.54) is 0 Å². The molecule has 0 rings (SSSR count). The van der Waals surface area contributed by atoms with Crippen molar-refractivity contribution in [3.63, 3.8) is 0 Å². The van der Waals surface area contributed by atoms with Crippen LogP contribution in [-0.4, -0.2) is 46.5 Å². The number of amides is 2. The molecule has 2 amide bonds. The minimum absolute atomic E-state index is 0.0614. The Hall–Kier alpha value is -1.30. The van der Waals surface area contributed by atoms with Crippen molar-refractivity contribution in [3.05, 3.63) is 0 Å². The maximum atomic E-state index is 12.3. The fourth-order valence-corrected chi connectivity index (χ4v) is 1.73. The molecule has 1 N–H and O–H groups in total. The van der Waals surface area contributed by atoms with E-state index in [4.69, 9.17) is 14.6 Å². The molecule has 0 aliphatic carbocycles. The zero-order valence-corrected chi connectivity index (χ0v) is 15.9. The molecule has 0 unspecified atom stereocenters. The third-order valence-electron chi connectivity index (χ3n) is 3.03. The molecule has 0 aliphatic heterocycles. The summed E-state index contributed by atoms with van der Waals surface area (Å²) >= 11 is 0. The Labute approximate surface area is 140 Å². The number of hydrogen-bond acceptors (Lipinski definition) is 5. The minimum atomic E-state index is -0.716. The van der Waals surface area contributed by atoms with Crippen LogP contribution in [0.25, 0.3) is 0 Å². The van der Waals surface area contributed by atoms with Crippen LogP contribution in [0.15, 0.2) is 0 Å². The third kappa shape index (κ3) is 10.2. The SMILES string of the molecule is CC(C)(CCO)CCN(C(=O)OC(C)(C)C)C(=O)OC(C)(C)C. The summed E-state index contributed by atoms with van der Waals surface area (Å²) in [5.74, 6) is 0. The van der Waals surface area contributed by atoms with Crippen LogP contribution in [0.3, 0.4) is 0 Å². The fraction of sp³-hybridized carbons (Fsp3) is 0.882. The number of nitrogens with zero attached hydrogens (tertiary/aromatic N) is 1. The number of carbonyl (C=O) groups excluding carboxylic acids is 2. The van der Waals surface area contributed by atoms with Crippen LogP contribution in [0.2, 0.25) is 0 Å². The van der Waals surface area contributed by atoms with Crippen molar-refractivity contribution in [2.45, 2.75) is 79.4 Å². The number of imide groups is 1. The van der Waals surface area contributed by atoms with Crippen LogP contribution < -0.4 is 0 Å². The maximum Gasteiger partial charge on any atom is 0.419 e. The van der Waals surface area contributed by atoms with E-state index in [9.17, 15) is 9.59 Å². The van der Waals surface area contributed by atoms with Gasteiger partial charge in [0.1, 0.15) is 11.2 Å². The second-order valence-corrected chi connectivity index (χ2v) is 8.50. The molecule has 0 atom stereocenters. The molecule has 23 heavy (non-hydrogen) atoms. The maximum absolute atomic E-state index is 12.3. The molecule has 0 aromatic heterocycles. The molecule has 0 aromatic carbocycles. The van der Waals surface area contributed by atoms with Crippen molar-refractivity contribution in [3.8, 4) is 0 Å². The van der Waals surface area contributed by atoms with Gasteiger partial charge in [-0.2, -0.15) is 0 Å². The predicted octanol–water partition coefficient (Wildman–Crippen LogP) is 3.96. The highest BCUT2D eigenvalue weighted by molar-refractivity contribution is 5.88. The molecule has 0 bridgehead atoms. The Bertz CT molecular complexity index is 376. The molecular weight excluding hydrogens is 298 g/mol. The van der Waals surface area contributed by atoms with Crippen molar-refractivity contribution < 1.29 is 24.2 Å². The zero-order chi connectivity index (χ0) is 18.5. The van der Waals surface area contributed by atoms with E-state index in [0.717, 1.165) is 4.90 Å². The van der Waals surface area contributed by atoms with E-state index in [0.29, 0.717) is 12.8 Å². The van der Waals surface area contributed by atoms with Gasteiger partial charge < -0.3 is 14.6 Å². The monoisotopic (exact) mass is 331 g/mol. The molecule has 6 heteroatoms. The topological polar surface area (TPSA) is 76.1 Å². The van der Waals surface area contributed by atoms with Crippen LogP contribution in [0, 0.1) is 5.41 Å². The summed E-state index contributed by atoms with van der Waals surface area (Å²) in [4.78, 5) is 25.6. The molecule has 6 nitrogen and oxygen atoms in total. The van der Waals surface area contributed by atoms with Gasteiger partial charge in [0.15, 0.2) is 0 Å². The van der Waals surface area contributed by atoms with Gasteiger partial charge in [-0.25, -0.2) is 14.5 Å². The van der Waals surface area contributed by atoms with Gasteiger partial charge in [-0.05, 0) is 59.8 Å². The highest BCUT2D eigenvalue weighted by atomic mass is 16.6. The predicted molar refractivity (Wildman–Crippen MR) is 89.3 cm³/mol. The van der Waals surface area contributed by atoms with E-state index in [2.05, 4.69) is 0 Å². The second kappa shape index (κ2) is 7.99. The van der Waals surface area contributed by atoms with Crippen LogP contribution >= 0.6 is 0 Å². The lowest BCUT2D eigenvalue weighted by Crippen LogP contribution is -2.44. The summed E-state index contributed by atoms with van der Waals surface area (Å²) < 4.78 is 10.6. The summed E-state index contributed by atoms with van der Waals surface area (Å²) in [6, 6.07) is 0. The van der Waals surface area contributed by atoms with E-state index >= 15 is 0 Å². The van der Waals surface area contributed by atoms with E-state index in [-0.39, 0.29) is 18.6 Å². The summed E-state index contributed by atoms with van der Waals surface area (Å²) in [5.41, 5.74) is -1.59. The lowest BCUT2D eigenvalue weighted by Gasteiger charge is -2.31. The van der Waals surface area contributed by atoms with Gasteiger partial charge in [-0.1, -0.05) is 13.8 Å². The molecular formula is C17H33NO5. The number of aliphatic hydroxyl groups excluding tert-OH is 1. The van der Waals surface area contributed by atoms with Crippen molar-refractivity contribution in [1.82, 2.24) is 4.90 Å². The largest absolute Gasteiger partial charge is 0.443 e. The summed E-state index contributed by atoms with van der Waals surface area (Å²) in [5, 5.41) is 9.09. The highest BCUT2D eigenvalue weighted by Crippen LogP contribution is 2.26. The second-order valence-electron chi connectivity index (χ2n) is 8.50. The van der Waals surface area contributed by atoms with E-state index < -0.39 is 23.4 Å². The van der Waals surface area contributed by atoms with Crippen LogP contribution in [0.4, 0.5) is 9.59 Å². The molecule has 0 fully saturated rings. The third-order valence-corrected chi connectivity index (χ3v) is 3.03. The van der Waals surface area contributed by atoms with Crippen LogP contribution in [0.5, 0.6) is 0 Å². The first-order valence-electron chi connectivity index (χ1n) is 8.01. The van der Waals surface area contributed by atoms with Gasteiger partial charge in [-0.15, -0.1) is 0 Å². The standard InChI is InChI=1S/C17H33NO5/c1-15(2,3)22-13(20)18(14(21)23-16(4,5)6)11-9-17(7,8)10-12-19/h19H,9-12H2,1-8H3. The van der Waals surface area contributed by atoms with Gasteiger partial charge in [0.05, 0.1) is 0 Å². The molecule has 0 saturated heterocycles. The molecule has 0 spiro atoms. The quantitative estimate of drug-likeness (QED) is 0.825. The van der Waals surface area contributed by atoms with Gasteiger partial charge >= 0.3 is 12.2 Å². The average molecular weight is 331 g/mol. The zero-order valence-electron chi connectivity index (χ0n) is 15.9. The van der Waals surface area contributed by atoms with E-state index in [1.54, 1.807) is 41.5 Å². The Balaban J connectivity index is 5.07. The van der Waals surface area contributed by atoms with Crippen LogP contribution in [-0.2, 0) is 9.47 Å². The molecule has 0 saturated carbocycles. The first-order chi connectivity index (χ1) is 10.2. The number of ether oxygens (including phenoxy) is 2. The summed E-state index contributed by atoms with van der Waals surface area (Å²) in [7, 11) is 0. The first kappa shape index (κ1) is 21.7. The lowest BCUT2D eigenvalue weighted by atomic mass is 9.86. The van der Waals surface area contributed by atoms with Gasteiger partial charge in [0.2, 0.25) is 0 Å². The summed E-state index contributed by atoms with van der Waals surface area (Å²) in [6.07, 6.45) is -0.298. The number of rotatable bonds is 5. The number of aliphatic hydroxyl groups is 1. The Morgan fingerprint density at radius 3 is 1.52 bits per heavy atom.